The second kappa shape index (κ2) is 8.25. The van der Waals surface area contributed by atoms with Gasteiger partial charge in [0, 0.05) is 27.2 Å². The summed E-state index contributed by atoms with van der Waals surface area (Å²) in [4.78, 5) is 8.15. The molecule has 1 aliphatic rings. The Bertz CT molecular complexity index is 622. The molecule has 1 saturated carbocycles. The first-order valence-electron chi connectivity index (χ1n) is 7.75. The lowest BCUT2D eigenvalue weighted by Gasteiger charge is -2.25. The predicted octanol–water partition coefficient (Wildman–Crippen LogP) is -0.800. The van der Waals surface area contributed by atoms with E-state index >= 15 is 0 Å². The Morgan fingerprint density at radius 2 is 2.22 bits per heavy atom. The van der Waals surface area contributed by atoms with Crippen LogP contribution in [0.4, 0.5) is 0 Å². The average molecular weight is 343 g/mol. The molecule has 0 amide bonds. The van der Waals surface area contributed by atoms with Gasteiger partial charge in [-0.1, -0.05) is 6.42 Å². The summed E-state index contributed by atoms with van der Waals surface area (Å²) in [6.45, 7) is 1.31. The zero-order valence-electron chi connectivity index (χ0n) is 13.6. The van der Waals surface area contributed by atoms with Gasteiger partial charge >= 0.3 is 0 Å². The summed E-state index contributed by atoms with van der Waals surface area (Å²) < 4.78 is 28.1. The summed E-state index contributed by atoms with van der Waals surface area (Å²) in [7, 11) is 0.197. The number of rotatable bonds is 8. The molecule has 0 unspecified atom stereocenters. The molecule has 2 rings (SSSR count). The Balaban J connectivity index is 1.67. The van der Waals surface area contributed by atoms with Crippen molar-refractivity contribution in [3.05, 3.63) is 12.2 Å². The van der Waals surface area contributed by atoms with Gasteiger partial charge in [-0.3, -0.25) is 9.67 Å². The Morgan fingerprint density at radius 1 is 1.43 bits per heavy atom. The fourth-order valence-electron chi connectivity index (χ4n) is 2.18. The van der Waals surface area contributed by atoms with Crippen LogP contribution in [0.2, 0.25) is 0 Å². The standard InChI is InChI=1S/C13H25N7O2S/c1-14-13(16-9-12-17-10-18-20(12)2)15-6-7-23(21,22)19-8-11-4-3-5-11/h10-11,19H,3-9H2,1-2H3,(H2,14,15,16). The highest BCUT2D eigenvalue weighted by Gasteiger charge is 2.20. The summed E-state index contributed by atoms with van der Waals surface area (Å²) in [5.41, 5.74) is 0. The van der Waals surface area contributed by atoms with E-state index in [1.807, 2.05) is 0 Å². The predicted molar refractivity (Wildman–Crippen MR) is 88.3 cm³/mol. The quantitative estimate of drug-likeness (QED) is 0.421. The van der Waals surface area contributed by atoms with Gasteiger partial charge in [-0.2, -0.15) is 5.10 Å². The van der Waals surface area contributed by atoms with E-state index < -0.39 is 10.0 Å². The van der Waals surface area contributed by atoms with Gasteiger partial charge in [-0.15, -0.1) is 0 Å². The zero-order chi connectivity index (χ0) is 16.7. The number of hydrogen-bond donors (Lipinski definition) is 3. The maximum absolute atomic E-state index is 11.9. The van der Waals surface area contributed by atoms with Crippen LogP contribution in [0.25, 0.3) is 0 Å². The van der Waals surface area contributed by atoms with Crippen LogP contribution in [-0.2, 0) is 23.6 Å². The molecule has 1 heterocycles. The third kappa shape index (κ3) is 5.79. The monoisotopic (exact) mass is 343 g/mol. The minimum atomic E-state index is -3.24. The first-order chi connectivity index (χ1) is 11.0. The van der Waals surface area contributed by atoms with E-state index in [0.717, 1.165) is 18.7 Å². The van der Waals surface area contributed by atoms with Crippen molar-refractivity contribution in [2.45, 2.75) is 25.8 Å². The number of aliphatic imine (C=N–C) groups is 1. The molecule has 23 heavy (non-hydrogen) atoms. The molecule has 0 radical (unpaired) electrons. The van der Waals surface area contributed by atoms with E-state index in [2.05, 4.69) is 30.4 Å². The summed E-state index contributed by atoms with van der Waals surface area (Å²) >= 11 is 0. The molecule has 1 fully saturated rings. The largest absolute Gasteiger partial charge is 0.355 e. The summed E-state index contributed by atoms with van der Waals surface area (Å²) in [5.74, 6) is 1.83. The number of hydrogen-bond acceptors (Lipinski definition) is 5. The van der Waals surface area contributed by atoms with Gasteiger partial charge in [0.2, 0.25) is 10.0 Å². The molecular weight excluding hydrogens is 318 g/mol. The van der Waals surface area contributed by atoms with E-state index in [0.29, 0.717) is 31.5 Å². The Morgan fingerprint density at radius 3 is 2.78 bits per heavy atom. The van der Waals surface area contributed by atoms with Crippen molar-refractivity contribution in [2.75, 3.05) is 25.9 Å². The second-order valence-electron chi connectivity index (χ2n) is 5.62. The molecule has 0 aliphatic heterocycles. The van der Waals surface area contributed by atoms with Crippen LogP contribution < -0.4 is 15.4 Å². The van der Waals surface area contributed by atoms with E-state index in [9.17, 15) is 8.42 Å². The summed E-state index contributed by atoms with van der Waals surface area (Å²) in [6.07, 6.45) is 4.94. The molecule has 0 aromatic carbocycles. The number of guanidine groups is 1. The SMILES string of the molecule is CN=C(NCCS(=O)(=O)NCC1CCC1)NCc1ncnn1C. The highest BCUT2D eigenvalue weighted by Crippen LogP contribution is 2.25. The molecule has 1 aromatic rings. The van der Waals surface area contributed by atoms with Crippen LogP contribution >= 0.6 is 0 Å². The van der Waals surface area contributed by atoms with Crippen LogP contribution in [0.1, 0.15) is 25.1 Å². The van der Waals surface area contributed by atoms with Crippen LogP contribution in [-0.4, -0.2) is 55.0 Å². The minimum Gasteiger partial charge on any atom is -0.355 e. The lowest BCUT2D eigenvalue weighted by molar-refractivity contribution is 0.316. The molecule has 0 bridgehead atoms. The highest BCUT2D eigenvalue weighted by atomic mass is 32.2. The zero-order valence-corrected chi connectivity index (χ0v) is 14.4. The van der Waals surface area contributed by atoms with Gasteiger partial charge in [-0.25, -0.2) is 18.1 Å². The lowest BCUT2D eigenvalue weighted by Crippen LogP contribution is -2.42. The Kier molecular flexibility index (Phi) is 6.34. The first kappa shape index (κ1) is 17.7. The van der Waals surface area contributed by atoms with E-state index in [1.165, 1.54) is 12.7 Å². The molecule has 0 atom stereocenters. The summed E-state index contributed by atoms with van der Waals surface area (Å²) in [5, 5.41) is 10.0. The molecule has 0 saturated heterocycles. The highest BCUT2D eigenvalue weighted by molar-refractivity contribution is 7.89. The third-order valence-electron chi connectivity index (χ3n) is 3.92. The normalized spacial score (nSPS) is 16.2. The van der Waals surface area contributed by atoms with Crippen molar-refractivity contribution >= 4 is 16.0 Å². The molecule has 0 spiro atoms. The van der Waals surface area contributed by atoms with Crippen LogP contribution in [0.3, 0.4) is 0 Å². The molecule has 1 aliphatic carbocycles. The van der Waals surface area contributed by atoms with Gasteiger partial charge in [0.1, 0.15) is 12.2 Å². The average Bonchev–Trinajstić information content (AvgIpc) is 2.86. The van der Waals surface area contributed by atoms with Gasteiger partial charge in [0.15, 0.2) is 5.96 Å². The molecule has 9 nitrogen and oxygen atoms in total. The topological polar surface area (TPSA) is 113 Å². The Hall–Kier alpha value is -1.68. The smallest absolute Gasteiger partial charge is 0.213 e. The number of sulfonamides is 1. The van der Waals surface area contributed by atoms with Gasteiger partial charge in [0.25, 0.3) is 0 Å². The fraction of sp³-hybridized carbons (Fsp3) is 0.769. The van der Waals surface area contributed by atoms with Crippen molar-refractivity contribution in [3.8, 4) is 0 Å². The van der Waals surface area contributed by atoms with Gasteiger partial charge in [0.05, 0.1) is 12.3 Å². The van der Waals surface area contributed by atoms with Crippen LogP contribution in [0, 0.1) is 5.92 Å². The van der Waals surface area contributed by atoms with Crippen molar-refractivity contribution in [1.29, 1.82) is 0 Å². The summed E-state index contributed by atoms with van der Waals surface area (Å²) in [6, 6.07) is 0. The molecule has 3 N–H and O–H groups in total. The lowest BCUT2D eigenvalue weighted by atomic mass is 9.86. The van der Waals surface area contributed by atoms with Gasteiger partial charge in [-0.05, 0) is 18.8 Å². The van der Waals surface area contributed by atoms with Crippen molar-refractivity contribution < 1.29 is 8.42 Å². The molecule has 10 heteroatoms. The molecular formula is C13H25N7O2S. The van der Waals surface area contributed by atoms with Crippen LogP contribution in [0.15, 0.2) is 11.3 Å². The van der Waals surface area contributed by atoms with Crippen LogP contribution in [0.5, 0.6) is 0 Å². The maximum atomic E-state index is 11.9. The van der Waals surface area contributed by atoms with E-state index in [4.69, 9.17) is 0 Å². The number of nitrogens with zero attached hydrogens (tertiary/aromatic N) is 4. The van der Waals surface area contributed by atoms with Crippen molar-refractivity contribution in [3.63, 3.8) is 0 Å². The van der Waals surface area contributed by atoms with Crippen molar-refractivity contribution in [1.82, 2.24) is 30.1 Å². The van der Waals surface area contributed by atoms with E-state index in [-0.39, 0.29) is 5.75 Å². The maximum Gasteiger partial charge on any atom is 0.213 e. The minimum absolute atomic E-state index is 0.0182. The van der Waals surface area contributed by atoms with Gasteiger partial charge < -0.3 is 10.6 Å². The first-order valence-corrected chi connectivity index (χ1v) is 9.40. The number of aromatic nitrogens is 3. The van der Waals surface area contributed by atoms with E-state index in [1.54, 1.807) is 18.8 Å². The van der Waals surface area contributed by atoms with Crippen molar-refractivity contribution in [2.24, 2.45) is 18.0 Å². The molecule has 1 aromatic heterocycles. The second-order valence-corrected chi connectivity index (χ2v) is 7.54. The fourth-order valence-corrected chi connectivity index (χ4v) is 3.19. The Labute approximate surface area is 137 Å². The number of nitrogens with one attached hydrogen (secondary N) is 3. The third-order valence-corrected chi connectivity index (χ3v) is 5.27. The number of aryl methyl sites for hydroxylation is 1. The molecule has 130 valence electrons.